The van der Waals surface area contributed by atoms with Crippen LogP contribution in [0, 0.1) is 13.8 Å². The minimum Gasteiger partial charge on any atom is -0.505 e. The number of aryl methyl sites for hydroxylation is 1. The molecular weight excluding hydrogens is 292 g/mol. The van der Waals surface area contributed by atoms with Crippen LogP contribution in [-0.2, 0) is 0 Å². The molecule has 23 heavy (non-hydrogen) atoms. The zero-order valence-corrected chi connectivity index (χ0v) is 12.8. The SMILES string of the molecule is Cc1ncn(-c2ccc(NC(=O)c3ccncc3O)cc2)c1C. The number of carbonyl (C=O) groups excluding carboxylic acids is 1. The van der Waals surface area contributed by atoms with Gasteiger partial charge in [-0.05, 0) is 44.2 Å². The number of nitrogens with one attached hydrogen (secondary N) is 1. The van der Waals surface area contributed by atoms with Crippen LogP contribution >= 0.6 is 0 Å². The second kappa shape index (κ2) is 5.92. The molecule has 0 saturated carbocycles. The Hall–Kier alpha value is -3.15. The molecule has 2 N–H and O–H groups in total. The average Bonchev–Trinajstić information content (AvgIpc) is 2.88. The van der Waals surface area contributed by atoms with Gasteiger partial charge < -0.3 is 15.0 Å². The van der Waals surface area contributed by atoms with Crippen molar-refractivity contribution in [3.63, 3.8) is 0 Å². The number of aromatic nitrogens is 3. The number of rotatable bonds is 3. The predicted octanol–water partition coefficient (Wildman–Crippen LogP) is 2.84. The van der Waals surface area contributed by atoms with Crippen LogP contribution in [0.1, 0.15) is 21.7 Å². The highest BCUT2D eigenvalue weighted by molar-refractivity contribution is 6.05. The van der Waals surface area contributed by atoms with Gasteiger partial charge in [0.15, 0.2) is 0 Å². The number of hydrogen-bond acceptors (Lipinski definition) is 4. The number of carbonyl (C=O) groups is 1. The summed E-state index contributed by atoms with van der Waals surface area (Å²) >= 11 is 0. The van der Waals surface area contributed by atoms with E-state index in [0.29, 0.717) is 5.69 Å². The number of amides is 1. The highest BCUT2D eigenvalue weighted by Gasteiger charge is 2.11. The van der Waals surface area contributed by atoms with E-state index in [9.17, 15) is 9.90 Å². The average molecular weight is 308 g/mol. The Morgan fingerprint density at radius 2 is 1.91 bits per heavy atom. The van der Waals surface area contributed by atoms with E-state index in [4.69, 9.17) is 0 Å². The molecular formula is C17H16N4O2. The Bertz CT molecular complexity index is 853. The van der Waals surface area contributed by atoms with E-state index < -0.39 is 0 Å². The van der Waals surface area contributed by atoms with Crippen molar-refractivity contribution in [3.8, 4) is 11.4 Å². The fourth-order valence-electron chi connectivity index (χ4n) is 2.24. The first kappa shape index (κ1) is 14.8. The Morgan fingerprint density at radius 3 is 2.52 bits per heavy atom. The lowest BCUT2D eigenvalue weighted by atomic mass is 10.2. The normalized spacial score (nSPS) is 10.5. The van der Waals surface area contributed by atoms with Crippen molar-refractivity contribution in [1.82, 2.24) is 14.5 Å². The van der Waals surface area contributed by atoms with Crippen molar-refractivity contribution in [2.45, 2.75) is 13.8 Å². The first-order valence-electron chi connectivity index (χ1n) is 7.11. The summed E-state index contributed by atoms with van der Waals surface area (Å²) < 4.78 is 1.98. The largest absolute Gasteiger partial charge is 0.505 e. The molecule has 0 aliphatic heterocycles. The summed E-state index contributed by atoms with van der Waals surface area (Å²) in [6.07, 6.45) is 4.47. The van der Waals surface area contributed by atoms with Gasteiger partial charge in [-0.25, -0.2) is 4.98 Å². The molecule has 0 radical (unpaired) electrons. The molecule has 0 spiro atoms. The third kappa shape index (κ3) is 2.91. The maximum absolute atomic E-state index is 12.1. The van der Waals surface area contributed by atoms with Crippen LogP contribution in [-0.4, -0.2) is 25.5 Å². The maximum Gasteiger partial charge on any atom is 0.259 e. The Morgan fingerprint density at radius 1 is 1.17 bits per heavy atom. The van der Waals surface area contributed by atoms with Crippen LogP contribution in [0.25, 0.3) is 5.69 Å². The molecule has 2 aromatic heterocycles. The predicted molar refractivity (Wildman–Crippen MR) is 86.9 cm³/mol. The van der Waals surface area contributed by atoms with Crippen LogP contribution < -0.4 is 5.32 Å². The smallest absolute Gasteiger partial charge is 0.259 e. The fraction of sp³-hybridized carbons (Fsp3) is 0.118. The molecule has 0 fully saturated rings. The zero-order chi connectivity index (χ0) is 16.4. The molecule has 0 aliphatic rings. The standard InChI is InChI=1S/C17H16N4O2/c1-11-12(2)21(10-19-11)14-5-3-13(4-6-14)20-17(23)15-7-8-18-9-16(15)22/h3-10,22H,1-2H3,(H,20,23). The summed E-state index contributed by atoms with van der Waals surface area (Å²) in [6, 6.07) is 8.88. The van der Waals surface area contributed by atoms with E-state index in [0.717, 1.165) is 17.1 Å². The second-order valence-corrected chi connectivity index (χ2v) is 5.18. The van der Waals surface area contributed by atoms with E-state index in [1.807, 2.05) is 30.5 Å². The van der Waals surface area contributed by atoms with Gasteiger partial charge in [0.2, 0.25) is 0 Å². The van der Waals surface area contributed by atoms with Crippen LogP contribution in [0.3, 0.4) is 0 Å². The summed E-state index contributed by atoms with van der Waals surface area (Å²) in [5.41, 5.74) is 3.85. The lowest BCUT2D eigenvalue weighted by molar-refractivity contribution is 0.102. The van der Waals surface area contributed by atoms with Gasteiger partial charge in [-0.2, -0.15) is 0 Å². The zero-order valence-electron chi connectivity index (χ0n) is 12.8. The summed E-state index contributed by atoms with van der Waals surface area (Å²) in [7, 11) is 0. The first-order chi connectivity index (χ1) is 11.1. The van der Waals surface area contributed by atoms with Gasteiger partial charge in [-0.15, -0.1) is 0 Å². The summed E-state index contributed by atoms with van der Waals surface area (Å²) in [5.74, 6) is -0.529. The van der Waals surface area contributed by atoms with Crippen LogP contribution in [0.4, 0.5) is 5.69 Å². The molecule has 0 bridgehead atoms. The first-order valence-corrected chi connectivity index (χ1v) is 7.11. The summed E-state index contributed by atoms with van der Waals surface area (Å²) in [6.45, 7) is 3.96. The third-order valence-corrected chi connectivity index (χ3v) is 3.70. The number of hydrogen-bond donors (Lipinski definition) is 2. The quantitative estimate of drug-likeness (QED) is 0.779. The van der Waals surface area contributed by atoms with Gasteiger partial charge in [0.25, 0.3) is 5.91 Å². The van der Waals surface area contributed by atoms with Crippen molar-refractivity contribution >= 4 is 11.6 Å². The topological polar surface area (TPSA) is 80.0 Å². The maximum atomic E-state index is 12.1. The van der Waals surface area contributed by atoms with E-state index in [1.165, 1.54) is 18.5 Å². The van der Waals surface area contributed by atoms with Gasteiger partial charge in [0.1, 0.15) is 5.75 Å². The number of nitrogens with zero attached hydrogens (tertiary/aromatic N) is 3. The molecule has 6 nitrogen and oxygen atoms in total. The number of pyridine rings is 1. The van der Waals surface area contributed by atoms with Crippen LogP contribution in [0.5, 0.6) is 5.75 Å². The minimum atomic E-state index is -0.382. The molecule has 116 valence electrons. The van der Waals surface area contributed by atoms with E-state index in [-0.39, 0.29) is 17.2 Å². The molecule has 1 aromatic carbocycles. The third-order valence-electron chi connectivity index (χ3n) is 3.70. The lowest BCUT2D eigenvalue weighted by Gasteiger charge is -2.09. The fourth-order valence-corrected chi connectivity index (χ4v) is 2.24. The highest BCUT2D eigenvalue weighted by Crippen LogP contribution is 2.19. The Balaban J connectivity index is 1.79. The minimum absolute atomic E-state index is 0.147. The van der Waals surface area contributed by atoms with Crippen molar-refractivity contribution in [3.05, 3.63) is 66.0 Å². The Kier molecular flexibility index (Phi) is 3.80. The van der Waals surface area contributed by atoms with Gasteiger partial charge in [0.05, 0.1) is 23.8 Å². The number of anilines is 1. The van der Waals surface area contributed by atoms with Crippen molar-refractivity contribution in [2.75, 3.05) is 5.32 Å². The molecule has 0 unspecified atom stereocenters. The molecule has 0 saturated heterocycles. The molecule has 3 rings (SSSR count). The molecule has 2 heterocycles. The summed E-state index contributed by atoms with van der Waals surface area (Å²) in [5, 5.41) is 12.4. The molecule has 1 amide bonds. The van der Waals surface area contributed by atoms with Gasteiger partial charge in [0, 0.05) is 23.3 Å². The van der Waals surface area contributed by atoms with E-state index in [2.05, 4.69) is 15.3 Å². The molecule has 3 aromatic rings. The monoisotopic (exact) mass is 308 g/mol. The van der Waals surface area contributed by atoms with Gasteiger partial charge >= 0.3 is 0 Å². The highest BCUT2D eigenvalue weighted by atomic mass is 16.3. The lowest BCUT2D eigenvalue weighted by Crippen LogP contribution is -2.12. The van der Waals surface area contributed by atoms with E-state index in [1.54, 1.807) is 18.5 Å². The van der Waals surface area contributed by atoms with E-state index >= 15 is 0 Å². The summed E-state index contributed by atoms with van der Waals surface area (Å²) in [4.78, 5) is 20.2. The second-order valence-electron chi connectivity index (χ2n) is 5.18. The van der Waals surface area contributed by atoms with Crippen LogP contribution in [0.15, 0.2) is 49.1 Å². The number of imidazole rings is 1. The van der Waals surface area contributed by atoms with Crippen molar-refractivity contribution in [1.29, 1.82) is 0 Å². The van der Waals surface area contributed by atoms with Crippen LogP contribution in [0.2, 0.25) is 0 Å². The van der Waals surface area contributed by atoms with Crippen molar-refractivity contribution in [2.24, 2.45) is 0 Å². The van der Waals surface area contributed by atoms with Gasteiger partial charge in [-0.1, -0.05) is 0 Å². The van der Waals surface area contributed by atoms with Gasteiger partial charge in [-0.3, -0.25) is 9.78 Å². The molecule has 0 atom stereocenters. The number of aromatic hydroxyl groups is 1. The number of benzene rings is 1. The molecule has 6 heteroatoms. The Labute approximate surface area is 133 Å². The van der Waals surface area contributed by atoms with Crippen molar-refractivity contribution < 1.29 is 9.90 Å². The molecule has 0 aliphatic carbocycles.